The highest BCUT2D eigenvalue weighted by molar-refractivity contribution is 9.10. The van der Waals surface area contributed by atoms with Crippen molar-refractivity contribution in [2.24, 2.45) is 0 Å². The molecule has 3 rings (SSSR count). The van der Waals surface area contributed by atoms with Crippen molar-refractivity contribution in [1.29, 1.82) is 0 Å². The highest BCUT2D eigenvalue weighted by atomic mass is 79.9. The van der Waals surface area contributed by atoms with Gasteiger partial charge < -0.3 is 0 Å². The van der Waals surface area contributed by atoms with Gasteiger partial charge in [0, 0.05) is 15.1 Å². The normalized spacial score (nSPS) is 11.1. The summed E-state index contributed by atoms with van der Waals surface area (Å²) in [5, 5.41) is 0. The van der Waals surface area contributed by atoms with Gasteiger partial charge in [-0.3, -0.25) is 4.57 Å². The van der Waals surface area contributed by atoms with E-state index >= 15 is 0 Å². The molecular weight excluding hydrogens is 393 g/mol. The number of benzene rings is 1. The van der Waals surface area contributed by atoms with Crippen molar-refractivity contribution >= 4 is 54.6 Å². The van der Waals surface area contributed by atoms with E-state index in [9.17, 15) is 0 Å². The minimum atomic E-state index is 0.329. The molecule has 0 atom stereocenters. The second-order valence-electron chi connectivity index (χ2n) is 3.94. The fourth-order valence-electron chi connectivity index (χ4n) is 1.96. The molecule has 0 spiro atoms. The number of halogens is 3. The van der Waals surface area contributed by atoms with Crippen molar-refractivity contribution in [3.8, 4) is 5.69 Å². The number of aromatic nitrogens is 3. The molecule has 0 N–H and O–H groups in total. The van der Waals surface area contributed by atoms with Gasteiger partial charge in [-0.1, -0.05) is 12.1 Å². The Kier molecular flexibility index (Phi) is 3.60. The van der Waals surface area contributed by atoms with E-state index in [1.54, 1.807) is 6.20 Å². The molecule has 0 amide bonds. The number of imidazole rings is 1. The summed E-state index contributed by atoms with van der Waals surface area (Å²) in [5.74, 6) is 1.10. The van der Waals surface area contributed by atoms with Crippen LogP contribution in [0.5, 0.6) is 0 Å². The number of alkyl halides is 1. The van der Waals surface area contributed by atoms with Crippen LogP contribution in [-0.2, 0) is 5.88 Å². The van der Waals surface area contributed by atoms with Crippen molar-refractivity contribution in [1.82, 2.24) is 14.5 Å². The van der Waals surface area contributed by atoms with Gasteiger partial charge >= 0.3 is 0 Å². The second-order valence-corrected chi connectivity index (χ2v) is 5.98. The van der Waals surface area contributed by atoms with E-state index in [0.29, 0.717) is 5.88 Å². The van der Waals surface area contributed by atoms with Crippen LogP contribution in [0.15, 0.2) is 45.5 Å². The van der Waals surface area contributed by atoms with E-state index in [4.69, 9.17) is 11.6 Å². The Morgan fingerprint density at radius 2 is 2.00 bits per heavy atom. The molecule has 96 valence electrons. The Bertz CT molecular complexity index is 755. The van der Waals surface area contributed by atoms with Crippen LogP contribution < -0.4 is 0 Å². The van der Waals surface area contributed by atoms with Gasteiger partial charge in [0.05, 0.1) is 11.6 Å². The zero-order valence-electron chi connectivity index (χ0n) is 9.65. The number of pyridine rings is 1. The fraction of sp³-hybridized carbons (Fsp3) is 0.0769. The SMILES string of the molecule is ClCc1nc2cc(Br)cnc2n1-c1ccccc1Br. The number of rotatable bonds is 2. The van der Waals surface area contributed by atoms with Crippen molar-refractivity contribution in [2.75, 3.05) is 0 Å². The lowest BCUT2D eigenvalue weighted by molar-refractivity contribution is 0.965. The molecule has 2 aromatic heterocycles. The lowest BCUT2D eigenvalue weighted by Gasteiger charge is -2.08. The molecule has 0 saturated carbocycles. The summed E-state index contributed by atoms with van der Waals surface area (Å²) in [6.45, 7) is 0. The topological polar surface area (TPSA) is 30.7 Å². The standard InChI is InChI=1S/C13H8Br2ClN3/c14-8-5-10-13(17-7-8)19(12(6-16)18-10)11-4-2-1-3-9(11)15/h1-5,7H,6H2. The van der Waals surface area contributed by atoms with Gasteiger partial charge in [0.2, 0.25) is 0 Å². The maximum atomic E-state index is 6.01. The van der Waals surface area contributed by atoms with Crippen LogP contribution in [-0.4, -0.2) is 14.5 Å². The average molecular weight is 401 g/mol. The summed E-state index contributed by atoms with van der Waals surface area (Å²) in [5.41, 5.74) is 2.60. The summed E-state index contributed by atoms with van der Waals surface area (Å²) >= 11 is 13.0. The predicted molar refractivity (Wildman–Crippen MR) is 83.8 cm³/mol. The highest BCUT2D eigenvalue weighted by Crippen LogP contribution is 2.27. The van der Waals surface area contributed by atoms with Crippen LogP contribution in [0, 0.1) is 0 Å². The second kappa shape index (κ2) is 5.23. The quantitative estimate of drug-likeness (QED) is 0.584. The molecular formula is C13H8Br2ClN3. The minimum absolute atomic E-state index is 0.329. The van der Waals surface area contributed by atoms with Gasteiger partial charge in [-0.05, 0) is 50.1 Å². The van der Waals surface area contributed by atoms with Crippen LogP contribution in [0.4, 0.5) is 0 Å². The Balaban J connectivity index is 2.36. The van der Waals surface area contributed by atoms with Crippen LogP contribution >= 0.6 is 43.5 Å². The third-order valence-corrected chi connectivity index (χ3v) is 4.09. The molecule has 0 saturated heterocycles. The van der Waals surface area contributed by atoms with E-state index in [1.807, 2.05) is 34.9 Å². The molecule has 0 aliphatic carbocycles. The smallest absolute Gasteiger partial charge is 0.164 e. The molecule has 2 heterocycles. The Labute approximate surface area is 131 Å². The van der Waals surface area contributed by atoms with Gasteiger partial charge in [-0.2, -0.15) is 0 Å². The molecule has 0 aliphatic rings. The minimum Gasteiger partial charge on any atom is -0.279 e. The van der Waals surface area contributed by atoms with Crippen LogP contribution in [0.2, 0.25) is 0 Å². The molecule has 3 aromatic rings. The summed E-state index contributed by atoms with van der Waals surface area (Å²) in [6.07, 6.45) is 1.76. The van der Waals surface area contributed by atoms with Crippen molar-refractivity contribution in [3.05, 3.63) is 51.3 Å². The van der Waals surface area contributed by atoms with E-state index < -0.39 is 0 Å². The Hall–Kier alpha value is -0.910. The number of hydrogen-bond donors (Lipinski definition) is 0. The van der Waals surface area contributed by atoms with Crippen LogP contribution in [0.25, 0.3) is 16.9 Å². The summed E-state index contributed by atoms with van der Waals surface area (Å²) < 4.78 is 3.85. The predicted octanol–water partition coefficient (Wildman–Crippen LogP) is 4.68. The van der Waals surface area contributed by atoms with Crippen molar-refractivity contribution in [2.45, 2.75) is 5.88 Å². The van der Waals surface area contributed by atoms with E-state index in [2.05, 4.69) is 41.8 Å². The first-order valence-electron chi connectivity index (χ1n) is 5.54. The van der Waals surface area contributed by atoms with Gasteiger partial charge in [0.1, 0.15) is 11.3 Å². The van der Waals surface area contributed by atoms with Gasteiger partial charge in [-0.15, -0.1) is 11.6 Å². The number of hydrogen-bond acceptors (Lipinski definition) is 2. The largest absolute Gasteiger partial charge is 0.279 e. The van der Waals surface area contributed by atoms with E-state index in [-0.39, 0.29) is 0 Å². The van der Waals surface area contributed by atoms with Gasteiger partial charge in [-0.25, -0.2) is 9.97 Å². The molecule has 6 heteroatoms. The van der Waals surface area contributed by atoms with E-state index in [1.165, 1.54) is 0 Å². The molecule has 19 heavy (non-hydrogen) atoms. The molecule has 0 radical (unpaired) electrons. The number of nitrogens with zero attached hydrogens (tertiary/aromatic N) is 3. The monoisotopic (exact) mass is 399 g/mol. The van der Waals surface area contributed by atoms with Crippen LogP contribution in [0.1, 0.15) is 5.82 Å². The number of fused-ring (bicyclic) bond motifs is 1. The fourth-order valence-corrected chi connectivity index (χ4v) is 2.92. The first-order valence-corrected chi connectivity index (χ1v) is 7.66. The lowest BCUT2D eigenvalue weighted by Crippen LogP contribution is -2.01. The maximum Gasteiger partial charge on any atom is 0.164 e. The van der Waals surface area contributed by atoms with Gasteiger partial charge in [0.25, 0.3) is 0 Å². The van der Waals surface area contributed by atoms with Crippen LogP contribution in [0.3, 0.4) is 0 Å². The molecule has 0 unspecified atom stereocenters. The third kappa shape index (κ3) is 2.30. The Morgan fingerprint density at radius 1 is 1.21 bits per heavy atom. The van der Waals surface area contributed by atoms with Gasteiger partial charge in [0.15, 0.2) is 5.65 Å². The van der Waals surface area contributed by atoms with E-state index in [0.717, 1.165) is 31.6 Å². The zero-order valence-corrected chi connectivity index (χ0v) is 13.6. The molecule has 3 nitrogen and oxygen atoms in total. The molecule has 0 aliphatic heterocycles. The summed E-state index contributed by atoms with van der Waals surface area (Å²) in [4.78, 5) is 8.97. The Morgan fingerprint density at radius 3 is 2.74 bits per heavy atom. The molecule has 0 bridgehead atoms. The maximum absolute atomic E-state index is 6.01. The summed E-state index contributed by atoms with van der Waals surface area (Å²) in [6, 6.07) is 9.87. The highest BCUT2D eigenvalue weighted by Gasteiger charge is 2.14. The van der Waals surface area contributed by atoms with Crippen molar-refractivity contribution in [3.63, 3.8) is 0 Å². The zero-order chi connectivity index (χ0) is 13.4. The first kappa shape index (κ1) is 13.1. The lowest BCUT2D eigenvalue weighted by atomic mass is 10.3. The third-order valence-electron chi connectivity index (χ3n) is 2.75. The average Bonchev–Trinajstić information content (AvgIpc) is 2.76. The summed E-state index contributed by atoms with van der Waals surface area (Å²) in [7, 11) is 0. The first-order chi connectivity index (χ1) is 9.20. The molecule has 1 aromatic carbocycles. The molecule has 0 fully saturated rings. The number of para-hydroxylation sites is 1. The van der Waals surface area contributed by atoms with Crippen molar-refractivity contribution < 1.29 is 0 Å².